The monoisotopic (exact) mass is 281 g/mol. The van der Waals surface area contributed by atoms with Gasteiger partial charge in [0.15, 0.2) is 0 Å². The largest absolute Gasteiger partial charge is 0.325 e. The zero-order valence-electron chi connectivity index (χ0n) is 11.4. The van der Waals surface area contributed by atoms with Crippen molar-refractivity contribution in [1.29, 1.82) is 0 Å². The Labute approximate surface area is 122 Å². The number of nitrogens with one attached hydrogen (secondary N) is 2. The molecule has 3 aromatic rings. The molecule has 0 atom stereocenters. The van der Waals surface area contributed by atoms with Gasteiger partial charge >= 0.3 is 0 Å². The number of benzene rings is 2. The minimum Gasteiger partial charge on any atom is -0.325 e. The van der Waals surface area contributed by atoms with E-state index in [-0.39, 0.29) is 0 Å². The molecule has 0 radical (unpaired) electrons. The van der Waals surface area contributed by atoms with Crippen LogP contribution < -0.4 is 5.32 Å². The van der Waals surface area contributed by atoms with Gasteiger partial charge < -0.3 is 10.3 Å². The maximum atomic E-state index is 5.34. The molecule has 4 heteroatoms. The van der Waals surface area contributed by atoms with E-state index >= 15 is 0 Å². The van der Waals surface area contributed by atoms with Crippen LogP contribution >= 0.6 is 12.2 Å². The lowest BCUT2D eigenvalue weighted by Gasteiger charge is -2.10. The summed E-state index contributed by atoms with van der Waals surface area (Å²) in [4.78, 5) is 7.69. The molecule has 0 aliphatic heterocycles. The normalized spacial score (nSPS) is 10.7. The summed E-state index contributed by atoms with van der Waals surface area (Å²) in [7, 11) is 0. The Kier molecular flexibility index (Phi) is 3.24. The van der Waals surface area contributed by atoms with E-state index < -0.39 is 0 Å². The van der Waals surface area contributed by atoms with E-state index in [0.717, 1.165) is 16.6 Å². The molecule has 0 bridgehead atoms. The number of H-pyrrole nitrogens is 1. The number of anilines is 2. The molecular weight excluding hydrogens is 266 g/mol. The molecule has 3 nitrogen and oxygen atoms in total. The number of aromatic amines is 1. The topological polar surface area (TPSA) is 40.7 Å². The van der Waals surface area contributed by atoms with Gasteiger partial charge in [0, 0.05) is 11.1 Å². The van der Waals surface area contributed by atoms with Crippen LogP contribution in [0.5, 0.6) is 0 Å². The summed E-state index contributed by atoms with van der Waals surface area (Å²) in [6, 6.07) is 14.2. The molecule has 0 unspecified atom stereocenters. The van der Waals surface area contributed by atoms with Crippen molar-refractivity contribution in [1.82, 2.24) is 9.97 Å². The fourth-order valence-electron chi connectivity index (χ4n) is 2.15. The maximum Gasteiger partial charge on any atom is 0.206 e. The Morgan fingerprint density at radius 2 is 1.90 bits per heavy atom. The summed E-state index contributed by atoms with van der Waals surface area (Å²) in [5.41, 5.74) is 4.40. The summed E-state index contributed by atoms with van der Waals surface area (Å²) in [6.07, 6.45) is 0. The second kappa shape index (κ2) is 5.06. The Balaban J connectivity index is 2.07. The van der Waals surface area contributed by atoms with Gasteiger partial charge in [-0.3, -0.25) is 0 Å². The van der Waals surface area contributed by atoms with Crippen molar-refractivity contribution >= 4 is 34.8 Å². The molecule has 1 heterocycles. The smallest absolute Gasteiger partial charge is 0.206 e. The Morgan fingerprint density at radius 3 is 2.75 bits per heavy atom. The Morgan fingerprint density at radius 1 is 1.10 bits per heavy atom. The van der Waals surface area contributed by atoms with Crippen molar-refractivity contribution in [2.45, 2.75) is 13.8 Å². The molecule has 20 heavy (non-hydrogen) atoms. The second-order valence-corrected chi connectivity index (χ2v) is 5.27. The summed E-state index contributed by atoms with van der Waals surface area (Å²) in [6.45, 7) is 4.14. The second-order valence-electron chi connectivity index (χ2n) is 4.88. The van der Waals surface area contributed by atoms with E-state index in [9.17, 15) is 0 Å². The van der Waals surface area contributed by atoms with Gasteiger partial charge in [0.05, 0.1) is 5.52 Å². The van der Waals surface area contributed by atoms with Crippen molar-refractivity contribution < 1.29 is 0 Å². The predicted octanol–water partition coefficient (Wildman–Crippen LogP) is 4.65. The number of rotatable bonds is 2. The molecule has 3 rings (SSSR count). The van der Waals surface area contributed by atoms with Gasteiger partial charge in [0.25, 0.3) is 0 Å². The molecule has 0 aliphatic carbocycles. The number of para-hydroxylation sites is 1. The van der Waals surface area contributed by atoms with Gasteiger partial charge in [-0.25, -0.2) is 4.98 Å². The first-order valence-corrected chi connectivity index (χ1v) is 6.87. The van der Waals surface area contributed by atoms with Crippen LogP contribution in [-0.4, -0.2) is 9.97 Å². The SMILES string of the molecule is Cc1ccc(C)c(Nc2nc(=S)c3ccccc3[nH]2)c1. The van der Waals surface area contributed by atoms with Crippen LogP contribution in [0.25, 0.3) is 10.9 Å². The standard InChI is InChI=1S/C16H15N3S/c1-10-7-8-11(2)14(9-10)18-16-17-13-6-4-3-5-12(13)15(20)19-16/h3-9H,1-2H3,(H2,17,18,19,20). The average molecular weight is 281 g/mol. The first-order chi connectivity index (χ1) is 9.63. The molecule has 100 valence electrons. The third-order valence-corrected chi connectivity index (χ3v) is 3.58. The van der Waals surface area contributed by atoms with Gasteiger partial charge in [-0.2, -0.15) is 0 Å². The highest BCUT2D eigenvalue weighted by atomic mass is 32.1. The number of hydrogen-bond acceptors (Lipinski definition) is 3. The van der Waals surface area contributed by atoms with E-state index in [0.29, 0.717) is 10.6 Å². The van der Waals surface area contributed by atoms with Crippen molar-refractivity contribution in [3.8, 4) is 0 Å². The van der Waals surface area contributed by atoms with Gasteiger partial charge in [-0.15, -0.1) is 0 Å². The van der Waals surface area contributed by atoms with Gasteiger partial charge in [-0.1, -0.05) is 36.5 Å². The fourth-order valence-corrected chi connectivity index (χ4v) is 2.42. The third kappa shape index (κ3) is 2.42. The van der Waals surface area contributed by atoms with E-state index in [1.807, 2.05) is 24.3 Å². The van der Waals surface area contributed by atoms with Crippen molar-refractivity contribution in [3.63, 3.8) is 0 Å². The van der Waals surface area contributed by atoms with E-state index in [4.69, 9.17) is 12.2 Å². The average Bonchev–Trinajstić information content (AvgIpc) is 2.43. The van der Waals surface area contributed by atoms with Gasteiger partial charge in [0.1, 0.15) is 4.64 Å². The molecule has 2 N–H and O–H groups in total. The van der Waals surface area contributed by atoms with E-state index in [2.05, 4.69) is 47.3 Å². The van der Waals surface area contributed by atoms with Crippen molar-refractivity contribution in [3.05, 3.63) is 58.2 Å². The fraction of sp³-hybridized carbons (Fsp3) is 0.125. The summed E-state index contributed by atoms with van der Waals surface area (Å²) >= 11 is 5.34. The van der Waals surface area contributed by atoms with Crippen LogP contribution in [0.15, 0.2) is 42.5 Å². The number of aryl methyl sites for hydroxylation is 2. The first kappa shape index (κ1) is 12.8. The highest BCUT2D eigenvalue weighted by molar-refractivity contribution is 7.71. The molecule has 2 aromatic carbocycles. The van der Waals surface area contributed by atoms with Crippen molar-refractivity contribution in [2.24, 2.45) is 0 Å². The molecule has 0 aliphatic rings. The van der Waals surface area contributed by atoms with Crippen LogP contribution in [0.3, 0.4) is 0 Å². The summed E-state index contributed by atoms with van der Waals surface area (Å²) in [5.74, 6) is 0.669. The number of nitrogens with zero attached hydrogens (tertiary/aromatic N) is 1. The maximum absolute atomic E-state index is 5.34. The molecule has 0 saturated carbocycles. The van der Waals surface area contributed by atoms with Gasteiger partial charge in [-0.05, 0) is 43.2 Å². The minimum absolute atomic E-state index is 0.604. The van der Waals surface area contributed by atoms with Crippen molar-refractivity contribution in [2.75, 3.05) is 5.32 Å². The lowest BCUT2D eigenvalue weighted by molar-refractivity contribution is 1.19. The molecule has 1 aromatic heterocycles. The van der Waals surface area contributed by atoms with Crippen LogP contribution in [0.1, 0.15) is 11.1 Å². The van der Waals surface area contributed by atoms with E-state index in [1.165, 1.54) is 11.1 Å². The van der Waals surface area contributed by atoms with Gasteiger partial charge in [0.2, 0.25) is 5.95 Å². The Bertz CT molecular complexity index is 836. The van der Waals surface area contributed by atoms with Crippen LogP contribution in [0.4, 0.5) is 11.6 Å². The molecule has 0 spiro atoms. The van der Waals surface area contributed by atoms with Crippen LogP contribution in [0.2, 0.25) is 0 Å². The highest BCUT2D eigenvalue weighted by Gasteiger charge is 2.03. The predicted molar refractivity (Wildman–Crippen MR) is 86.1 cm³/mol. The number of fused-ring (bicyclic) bond motifs is 1. The summed E-state index contributed by atoms with van der Waals surface area (Å²) in [5, 5.41) is 4.28. The molecule has 0 amide bonds. The molecule has 0 fully saturated rings. The Hall–Kier alpha value is -2.20. The quantitative estimate of drug-likeness (QED) is 0.672. The summed E-state index contributed by atoms with van der Waals surface area (Å²) < 4.78 is 0.604. The van der Waals surface area contributed by atoms with Crippen LogP contribution in [-0.2, 0) is 0 Å². The zero-order chi connectivity index (χ0) is 14.1. The zero-order valence-corrected chi connectivity index (χ0v) is 12.2. The lowest BCUT2D eigenvalue weighted by atomic mass is 10.1. The molecular formula is C16H15N3S. The van der Waals surface area contributed by atoms with E-state index in [1.54, 1.807) is 0 Å². The first-order valence-electron chi connectivity index (χ1n) is 6.47. The number of aromatic nitrogens is 2. The number of hydrogen-bond donors (Lipinski definition) is 2. The third-order valence-electron chi connectivity index (χ3n) is 3.27. The lowest BCUT2D eigenvalue weighted by Crippen LogP contribution is -1.99. The molecule has 0 saturated heterocycles. The highest BCUT2D eigenvalue weighted by Crippen LogP contribution is 2.21. The van der Waals surface area contributed by atoms with Crippen LogP contribution in [0, 0.1) is 18.5 Å². The minimum atomic E-state index is 0.604.